The molecular formula is C10H20N4S2+2. The minimum absolute atomic E-state index is 0.430. The zero-order valence-corrected chi connectivity index (χ0v) is 12.4. The summed E-state index contributed by atoms with van der Waals surface area (Å²) in [6.07, 6.45) is 5.14. The monoisotopic (exact) mass is 260 g/mol. The number of likely N-dealkylation sites (N-methyl/N-ethyl adjacent to an activating group) is 4. The van der Waals surface area contributed by atoms with E-state index in [-0.39, 0.29) is 0 Å². The third kappa shape index (κ3) is 1.39. The van der Waals surface area contributed by atoms with Crippen LogP contribution in [0.2, 0.25) is 0 Å². The average molecular weight is 260 g/mol. The van der Waals surface area contributed by atoms with Crippen molar-refractivity contribution in [1.29, 1.82) is 0 Å². The lowest BCUT2D eigenvalue weighted by atomic mass is 10.3. The van der Waals surface area contributed by atoms with Gasteiger partial charge < -0.3 is 0 Å². The van der Waals surface area contributed by atoms with Gasteiger partial charge in [-0.1, -0.05) is 0 Å². The molecule has 6 heteroatoms. The van der Waals surface area contributed by atoms with E-state index in [0.29, 0.717) is 12.3 Å². The Morgan fingerprint density at radius 3 is 1.56 bits per heavy atom. The van der Waals surface area contributed by atoms with Crippen LogP contribution in [-0.4, -0.2) is 82.3 Å². The van der Waals surface area contributed by atoms with E-state index in [1.807, 2.05) is 23.5 Å². The normalized spacial score (nSPS) is 29.6. The first-order valence-corrected chi connectivity index (χ1v) is 7.72. The summed E-state index contributed by atoms with van der Waals surface area (Å²) in [7, 11) is 8.72. The fraction of sp³-hybridized carbons (Fsp3) is 0.800. The van der Waals surface area contributed by atoms with Crippen molar-refractivity contribution < 1.29 is 9.15 Å². The van der Waals surface area contributed by atoms with Gasteiger partial charge in [-0.05, 0) is 36.0 Å². The fourth-order valence-electron chi connectivity index (χ4n) is 2.85. The van der Waals surface area contributed by atoms with Crippen molar-refractivity contribution in [3.63, 3.8) is 0 Å². The summed E-state index contributed by atoms with van der Waals surface area (Å²) in [5.74, 6) is 0. The van der Waals surface area contributed by atoms with E-state index < -0.39 is 0 Å². The number of amidine groups is 2. The predicted molar refractivity (Wildman–Crippen MR) is 72.5 cm³/mol. The molecular weight excluding hydrogens is 240 g/mol. The topological polar surface area (TPSA) is 12.5 Å². The lowest BCUT2D eigenvalue weighted by molar-refractivity contribution is -0.743. The summed E-state index contributed by atoms with van der Waals surface area (Å²) in [5.41, 5.74) is 0. The molecule has 0 atom stereocenters. The maximum Gasteiger partial charge on any atom is 0.317 e. The second-order valence-electron chi connectivity index (χ2n) is 4.24. The van der Waals surface area contributed by atoms with Crippen molar-refractivity contribution in [1.82, 2.24) is 9.80 Å². The molecule has 0 N–H and O–H groups in total. The van der Waals surface area contributed by atoms with Crippen LogP contribution in [-0.2, 0) is 0 Å². The van der Waals surface area contributed by atoms with Gasteiger partial charge in [-0.2, -0.15) is 0 Å². The van der Waals surface area contributed by atoms with Crippen molar-refractivity contribution in [3.05, 3.63) is 0 Å². The van der Waals surface area contributed by atoms with Crippen LogP contribution in [0.1, 0.15) is 0 Å². The summed E-state index contributed by atoms with van der Waals surface area (Å²) in [6, 6.07) is 0. The highest BCUT2D eigenvalue weighted by Crippen LogP contribution is 2.29. The Balaban J connectivity index is 2.44. The standard InChI is InChI=1S/C10H20N4S2/c1-11-7-8(13(3)9(11)15-5)14(4)10(16-6)12(7)2/h7-8H,1-6H3/q+2. The lowest BCUT2D eigenvalue weighted by Gasteiger charge is -2.16. The largest absolute Gasteiger partial charge is 0.317 e. The third-order valence-electron chi connectivity index (χ3n) is 3.43. The van der Waals surface area contributed by atoms with Crippen molar-refractivity contribution in [2.45, 2.75) is 12.3 Å². The smallest absolute Gasteiger partial charge is 0.211 e. The predicted octanol–water partition coefficient (Wildman–Crippen LogP) is 0.252. The molecule has 2 aliphatic heterocycles. The first-order chi connectivity index (χ1) is 7.54. The minimum atomic E-state index is 0.430. The van der Waals surface area contributed by atoms with Gasteiger partial charge in [-0.3, -0.25) is 0 Å². The van der Waals surface area contributed by atoms with E-state index in [1.165, 1.54) is 10.3 Å². The molecule has 0 aliphatic carbocycles. The van der Waals surface area contributed by atoms with Crippen LogP contribution in [0, 0.1) is 0 Å². The summed E-state index contributed by atoms with van der Waals surface area (Å²) in [5, 5.41) is 2.68. The lowest BCUT2D eigenvalue weighted by Crippen LogP contribution is -2.46. The maximum atomic E-state index is 2.37. The van der Waals surface area contributed by atoms with Gasteiger partial charge in [0, 0.05) is 0 Å². The van der Waals surface area contributed by atoms with Crippen molar-refractivity contribution >= 4 is 33.9 Å². The van der Waals surface area contributed by atoms with Crippen LogP contribution >= 0.6 is 23.5 Å². The van der Waals surface area contributed by atoms with E-state index in [2.05, 4.69) is 59.7 Å². The van der Waals surface area contributed by atoms with E-state index in [9.17, 15) is 0 Å². The molecule has 0 fully saturated rings. The van der Waals surface area contributed by atoms with Crippen LogP contribution in [0.3, 0.4) is 0 Å². The van der Waals surface area contributed by atoms with Gasteiger partial charge in [0.1, 0.15) is 0 Å². The van der Waals surface area contributed by atoms with Gasteiger partial charge in [-0.25, -0.2) is 19.0 Å². The van der Waals surface area contributed by atoms with Crippen LogP contribution < -0.4 is 0 Å². The SMILES string of the molecule is CSC1=[N+](C)C2C(N1C)N(C)C(SC)=[N+]2C. The zero-order valence-electron chi connectivity index (χ0n) is 10.8. The summed E-state index contributed by atoms with van der Waals surface area (Å²) in [6.45, 7) is 0. The van der Waals surface area contributed by atoms with Gasteiger partial charge >= 0.3 is 22.7 Å². The highest BCUT2D eigenvalue weighted by molar-refractivity contribution is 8.13. The molecule has 0 amide bonds. The molecule has 2 heterocycles. The van der Waals surface area contributed by atoms with Gasteiger partial charge in [-0.15, -0.1) is 0 Å². The van der Waals surface area contributed by atoms with E-state index in [4.69, 9.17) is 0 Å². The van der Waals surface area contributed by atoms with Crippen LogP contribution in [0.15, 0.2) is 0 Å². The number of nitrogens with zero attached hydrogens (tertiary/aromatic N) is 4. The first kappa shape index (κ1) is 12.1. The maximum absolute atomic E-state index is 2.37. The molecule has 0 saturated carbocycles. The zero-order chi connectivity index (χ0) is 12.0. The Morgan fingerprint density at radius 2 is 1.31 bits per heavy atom. The van der Waals surface area contributed by atoms with E-state index >= 15 is 0 Å². The highest BCUT2D eigenvalue weighted by atomic mass is 32.2. The summed E-state index contributed by atoms with van der Waals surface area (Å²) >= 11 is 3.63. The quantitative estimate of drug-likeness (QED) is 0.579. The average Bonchev–Trinajstić information content (AvgIpc) is 2.64. The van der Waals surface area contributed by atoms with Gasteiger partial charge in [0.2, 0.25) is 0 Å². The first-order valence-electron chi connectivity index (χ1n) is 5.27. The molecule has 0 aromatic heterocycles. The number of hydrogen-bond donors (Lipinski definition) is 0. The molecule has 0 aromatic rings. The molecule has 90 valence electrons. The van der Waals surface area contributed by atoms with Crippen molar-refractivity contribution in [3.8, 4) is 0 Å². The van der Waals surface area contributed by atoms with Crippen LogP contribution in [0.25, 0.3) is 0 Å². The minimum Gasteiger partial charge on any atom is -0.211 e. The van der Waals surface area contributed by atoms with E-state index in [1.54, 1.807) is 0 Å². The number of thioether (sulfide) groups is 2. The molecule has 2 aliphatic rings. The van der Waals surface area contributed by atoms with Gasteiger partial charge in [0.15, 0.2) is 0 Å². The number of rotatable bonds is 0. The van der Waals surface area contributed by atoms with Crippen LogP contribution in [0.4, 0.5) is 0 Å². The highest BCUT2D eigenvalue weighted by Gasteiger charge is 2.59. The van der Waals surface area contributed by atoms with Gasteiger partial charge in [0.05, 0.1) is 28.2 Å². The molecule has 2 rings (SSSR count). The second kappa shape index (κ2) is 4.14. The number of fused-ring (bicyclic) bond motifs is 1. The van der Waals surface area contributed by atoms with Crippen LogP contribution in [0.5, 0.6) is 0 Å². The van der Waals surface area contributed by atoms with E-state index in [0.717, 1.165) is 0 Å². The van der Waals surface area contributed by atoms with Crippen molar-refractivity contribution in [2.75, 3.05) is 40.7 Å². The Labute approximate surface area is 106 Å². The molecule has 0 unspecified atom stereocenters. The molecule has 0 bridgehead atoms. The third-order valence-corrected chi connectivity index (χ3v) is 5.31. The molecule has 0 radical (unpaired) electrons. The summed E-state index contributed by atoms with van der Waals surface area (Å²) < 4.78 is 4.74. The summed E-state index contributed by atoms with van der Waals surface area (Å²) in [4.78, 5) is 4.74. The molecule has 0 aromatic carbocycles. The second-order valence-corrected chi connectivity index (χ2v) is 5.79. The fourth-order valence-corrected chi connectivity index (χ4v) is 4.43. The molecule has 16 heavy (non-hydrogen) atoms. The van der Waals surface area contributed by atoms with Gasteiger partial charge in [0.25, 0.3) is 0 Å². The Bertz CT molecular complexity index is 343. The Morgan fingerprint density at radius 1 is 0.938 bits per heavy atom. The molecule has 4 nitrogen and oxygen atoms in total. The number of hydrogen-bond acceptors (Lipinski definition) is 4. The molecule has 0 spiro atoms. The Hall–Kier alpha value is -0.360. The Kier molecular flexibility index (Phi) is 3.13. The molecule has 0 saturated heterocycles. The van der Waals surface area contributed by atoms with Crippen molar-refractivity contribution in [2.24, 2.45) is 0 Å².